The highest BCUT2D eigenvalue weighted by atomic mass is 28.2. The Hall–Kier alpha value is -0.613. The van der Waals surface area contributed by atoms with Gasteiger partial charge in [-0.25, -0.2) is 4.79 Å². The lowest BCUT2D eigenvalue weighted by Crippen LogP contribution is -1.82. The Kier molecular flexibility index (Phi) is 12.5. The van der Waals surface area contributed by atoms with Crippen LogP contribution in [0.25, 0.3) is 0 Å². The second-order valence-corrected chi connectivity index (χ2v) is 1.49. The fourth-order valence-electron chi connectivity index (χ4n) is 0. The molecule has 0 rings (SSSR count). The molecule has 3 nitrogen and oxygen atoms in total. The molecular weight excluding hydrogens is 124 g/mol. The molecule has 8 heavy (non-hydrogen) atoms. The highest BCUT2D eigenvalue weighted by Crippen LogP contribution is 1.54. The molecule has 0 radical (unpaired) electrons. The summed E-state index contributed by atoms with van der Waals surface area (Å²) in [6, 6.07) is 0. The van der Waals surface area contributed by atoms with E-state index in [0.717, 1.165) is 6.08 Å². The summed E-state index contributed by atoms with van der Waals surface area (Å²) in [5.41, 5.74) is 0. The Balaban J connectivity index is 0. The topological polar surface area (TPSA) is 57.5 Å². The summed E-state index contributed by atoms with van der Waals surface area (Å²) in [7, 11) is -0.583. The Morgan fingerprint density at radius 1 is 1.88 bits per heavy atom. The first-order valence-corrected chi connectivity index (χ1v) is 4.19. The van der Waals surface area contributed by atoms with Crippen LogP contribution in [0.2, 0.25) is 6.55 Å². The first-order chi connectivity index (χ1) is 3.68. The van der Waals surface area contributed by atoms with Gasteiger partial charge in [-0.1, -0.05) is 13.1 Å². The molecule has 2 N–H and O–H groups in total. The minimum atomic E-state index is -0.981. The van der Waals surface area contributed by atoms with Crippen LogP contribution in [0, 0.1) is 0 Å². The molecule has 0 atom stereocenters. The summed E-state index contributed by atoms with van der Waals surface area (Å²) in [6.07, 6.45) is 0.833. The lowest BCUT2D eigenvalue weighted by molar-refractivity contribution is -0.131. The highest BCUT2D eigenvalue weighted by molar-refractivity contribution is 6.22. The Morgan fingerprint density at radius 3 is 2.00 bits per heavy atom. The minimum Gasteiger partial charge on any atom is -0.478 e. The number of hydrogen-bond donors (Lipinski definition) is 2. The van der Waals surface area contributed by atoms with Gasteiger partial charge in [0.2, 0.25) is 0 Å². The quantitative estimate of drug-likeness (QED) is 0.371. The standard InChI is InChI=1S/C3H4O2.CH6OSi/c1-2-3(4)5;1-3-2/h2H,1H2,(H,4,5);2H,3H2,1H3. The van der Waals surface area contributed by atoms with Crippen LogP contribution in [0.15, 0.2) is 12.7 Å². The van der Waals surface area contributed by atoms with E-state index in [1.54, 1.807) is 0 Å². The number of rotatable bonds is 1. The van der Waals surface area contributed by atoms with E-state index < -0.39 is 15.7 Å². The fraction of sp³-hybridized carbons (Fsp3) is 0.250. The van der Waals surface area contributed by atoms with Crippen LogP contribution in [0.4, 0.5) is 0 Å². The third kappa shape index (κ3) is 53.9. The lowest BCUT2D eigenvalue weighted by atomic mass is 10.7. The van der Waals surface area contributed by atoms with Crippen molar-refractivity contribution in [2.24, 2.45) is 0 Å². The molecule has 0 fully saturated rings. The predicted octanol–water partition coefficient (Wildman–Crippen LogP) is -0.632. The predicted molar refractivity (Wildman–Crippen MR) is 34.5 cm³/mol. The zero-order valence-electron chi connectivity index (χ0n) is 4.79. The van der Waals surface area contributed by atoms with Gasteiger partial charge in [-0.05, 0) is 0 Å². The summed E-state index contributed by atoms with van der Waals surface area (Å²) in [5.74, 6) is -0.981. The van der Waals surface area contributed by atoms with Gasteiger partial charge in [0.15, 0.2) is 9.76 Å². The molecule has 0 aromatic rings. The summed E-state index contributed by atoms with van der Waals surface area (Å²) >= 11 is 0. The van der Waals surface area contributed by atoms with E-state index in [4.69, 9.17) is 9.90 Å². The number of carboxylic acid groups (broad SMARTS) is 1. The second-order valence-electron chi connectivity index (χ2n) is 0.859. The number of carbonyl (C=O) groups is 1. The van der Waals surface area contributed by atoms with Crippen LogP contribution in [-0.2, 0) is 4.79 Å². The average molecular weight is 134 g/mol. The second kappa shape index (κ2) is 9.63. The molecule has 0 unspecified atom stereocenters. The van der Waals surface area contributed by atoms with Crippen LogP contribution in [-0.4, -0.2) is 25.6 Å². The molecule has 0 aliphatic carbocycles. The zero-order valence-corrected chi connectivity index (χ0v) is 6.21. The summed E-state index contributed by atoms with van der Waals surface area (Å²) in [4.78, 5) is 17.0. The average Bonchev–Trinajstić information content (AvgIpc) is 1.69. The van der Waals surface area contributed by atoms with E-state index in [2.05, 4.69) is 6.58 Å². The molecule has 0 aromatic carbocycles. The normalized spacial score (nSPS) is 7.75. The minimum absolute atomic E-state index is 0.583. The van der Waals surface area contributed by atoms with Crippen LogP contribution < -0.4 is 0 Å². The van der Waals surface area contributed by atoms with Gasteiger partial charge in [-0.2, -0.15) is 0 Å². The fourth-order valence-corrected chi connectivity index (χ4v) is 0. The van der Waals surface area contributed by atoms with Gasteiger partial charge in [-0.3, -0.25) is 0 Å². The SMILES string of the molecule is C=CC(=O)O.C[SiH2]O. The van der Waals surface area contributed by atoms with Crippen molar-refractivity contribution in [3.8, 4) is 0 Å². The van der Waals surface area contributed by atoms with E-state index in [-0.39, 0.29) is 0 Å². The summed E-state index contributed by atoms with van der Waals surface area (Å²) in [6.45, 7) is 4.78. The maximum atomic E-state index is 9.25. The lowest BCUT2D eigenvalue weighted by Gasteiger charge is -1.64. The van der Waals surface area contributed by atoms with E-state index >= 15 is 0 Å². The third-order valence-corrected chi connectivity index (χ3v) is 0.175. The highest BCUT2D eigenvalue weighted by Gasteiger charge is 1.73. The van der Waals surface area contributed by atoms with Gasteiger partial charge in [0.05, 0.1) is 0 Å². The molecule has 0 aliphatic heterocycles. The summed E-state index contributed by atoms with van der Waals surface area (Å²) in [5, 5.41) is 7.60. The maximum Gasteiger partial charge on any atom is 0.327 e. The molecule has 0 saturated heterocycles. The molecule has 4 heteroatoms. The van der Waals surface area contributed by atoms with Crippen molar-refractivity contribution in [2.75, 3.05) is 0 Å². The zero-order chi connectivity index (χ0) is 6.99. The van der Waals surface area contributed by atoms with E-state index in [0.29, 0.717) is 0 Å². The third-order valence-electron chi connectivity index (χ3n) is 0.175. The molecule has 48 valence electrons. The van der Waals surface area contributed by atoms with Gasteiger partial charge >= 0.3 is 5.97 Å². The van der Waals surface area contributed by atoms with Crippen molar-refractivity contribution in [3.63, 3.8) is 0 Å². The van der Waals surface area contributed by atoms with Crippen LogP contribution in [0.5, 0.6) is 0 Å². The van der Waals surface area contributed by atoms with Crippen molar-refractivity contribution in [1.29, 1.82) is 0 Å². The summed E-state index contributed by atoms with van der Waals surface area (Å²) < 4.78 is 0. The first kappa shape index (κ1) is 10.4. The molecular formula is C4H10O3Si. The van der Waals surface area contributed by atoms with Crippen LogP contribution in [0.1, 0.15) is 0 Å². The van der Waals surface area contributed by atoms with E-state index in [1.807, 2.05) is 6.55 Å². The Labute approximate surface area is 50.6 Å². The van der Waals surface area contributed by atoms with Gasteiger partial charge in [0.1, 0.15) is 0 Å². The smallest absolute Gasteiger partial charge is 0.327 e. The van der Waals surface area contributed by atoms with Gasteiger partial charge in [0, 0.05) is 6.08 Å². The monoisotopic (exact) mass is 134 g/mol. The molecule has 0 aromatic heterocycles. The van der Waals surface area contributed by atoms with Crippen molar-refractivity contribution in [2.45, 2.75) is 6.55 Å². The largest absolute Gasteiger partial charge is 0.478 e. The van der Waals surface area contributed by atoms with Crippen LogP contribution in [0.3, 0.4) is 0 Å². The number of aliphatic carboxylic acids is 1. The van der Waals surface area contributed by atoms with E-state index in [9.17, 15) is 4.79 Å². The molecule has 0 heterocycles. The van der Waals surface area contributed by atoms with Crippen molar-refractivity contribution < 1.29 is 14.7 Å². The van der Waals surface area contributed by atoms with Gasteiger partial charge < -0.3 is 9.90 Å². The molecule has 0 aliphatic rings. The van der Waals surface area contributed by atoms with Gasteiger partial charge in [-0.15, -0.1) is 0 Å². The van der Waals surface area contributed by atoms with E-state index in [1.165, 1.54) is 0 Å². The number of hydrogen-bond acceptors (Lipinski definition) is 2. The number of carboxylic acids is 1. The Morgan fingerprint density at radius 2 is 2.00 bits per heavy atom. The maximum absolute atomic E-state index is 9.25. The Bertz CT molecular complexity index is 71.7. The van der Waals surface area contributed by atoms with Crippen LogP contribution >= 0.6 is 0 Å². The molecule has 0 bridgehead atoms. The van der Waals surface area contributed by atoms with Crippen molar-refractivity contribution >= 4 is 15.7 Å². The molecule has 0 spiro atoms. The van der Waals surface area contributed by atoms with Crippen molar-refractivity contribution in [3.05, 3.63) is 12.7 Å². The molecule has 0 saturated carbocycles. The van der Waals surface area contributed by atoms with Crippen molar-refractivity contribution in [1.82, 2.24) is 0 Å². The van der Waals surface area contributed by atoms with Gasteiger partial charge in [0.25, 0.3) is 0 Å². The first-order valence-electron chi connectivity index (χ1n) is 2.15. The molecule has 0 amide bonds.